The van der Waals surface area contributed by atoms with Gasteiger partial charge in [0.25, 0.3) is 0 Å². The third-order valence-electron chi connectivity index (χ3n) is 5.75. The lowest BCUT2D eigenvalue weighted by atomic mass is 9.69. The third-order valence-corrected chi connectivity index (χ3v) is 5.75. The summed E-state index contributed by atoms with van der Waals surface area (Å²) >= 11 is 0. The lowest BCUT2D eigenvalue weighted by Gasteiger charge is -2.36. The Hall–Kier alpha value is -1.88. The van der Waals surface area contributed by atoms with E-state index >= 15 is 0 Å². The van der Waals surface area contributed by atoms with Gasteiger partial charge in [0.2, 0.25) is 5.91 Å². The van der Waals surface area contributed by atoms with E-state index in [0.717, 1.165) is 24.8 Å². The fraction of sp³-hybridized carbons (Fsp3) is 0.600. The largest absolute Gasteiger partial charge is 0.336 e. The van der Waals surface area contributed by atoms with E-state index in [9.17, 15) is 9.59 Å². The van der Waals surface area contributed by atoms with Crippen LogP contribution < -0.4 is 11.4 Å². The standard InChI is InChI=1S/C20H29N3O2/c1-13(2)15-9-8-14(3)12-16(15)19(24)23-18-7-5-4-6-17(18)22(11-10-21)20(23)25/h4-7,13-16H,8-12,21H2,1-3H3. The summed E-state index contributed by atoms with van der Waals surface area (Å²) in [7, 11) is 0. The molecule has 0 bridgehead atoms. The van der Waals surface area contributed by atoms with Crippen LogP contribution in [0.3, 0.4) is 0 Å². The van der Waals surface area contributed by atoms with Crippen molar-refractivity contribution in [3.8, 4) is 0 Å². The molecule has 3 unspecified atom stereocenters. The van der Waals surface area contributed by atoms with Crippen LogP contribution in [0.5, 0.6) is 0 Å². The molecule has 1 heterocycles. The maximum Gasteiger partial charge on any atom is 0.336 e. The molecule has 1 saturated carbocycles. The number of para-hydroxylation sites is 2. The third kappa shape index (κ3) is 3.17. The number of nitrogens with two attached hydrogens (primary N) is 1. The lowest BCUT2D eigenvalue weighted by molar-refractivity contribution is 0.0633. The molecule has 1 aromatic heterocycles. The molecule has 5 heteroatoms. The Morgan fingerprint density at radius 2 is 1.92 bits per heavy atom. The van der Waals surface area contributed by atoms with Crippen molar-refractivity contribution in [3.05, 3.63) is 34.7 Å². The summed E-state index contributed by atoms with van der Waals surface area (Å²) in [6.45, 7) is 7.37. The summed E-state index contributed by atoms with van der Waals surface area (Å²) in [6.07, 6.45) is 3.09. The minimum absolute atomic E-state index is 0.0396. The summed E-state index contributed by atoms with van der Waals surface area (Å²) in [6, 6.07) is 7.52. The van der Waals surface area contributed by atoms with Crippen molar-refractivity contribution < 1.29 is 4.79 Å². The Labute approximate surface area is 148 Å². The number of nitrogens with zero attached hydrogens (tertiary/aromatic N) is 2. The Balaban J connectivity index is 2.10. The highest BCUT2D eigenvalue weighted by Gasteiger charge is 2.37. The molecule has 0 amide bonds. The minimum Gasteiger partial charge on any atom is -0.329 e. The van der Waals surface area contributed by atoms with Gasteiger partial charge >= 0.3 is 5.69 Å². The van der Waals surface area contributed by atoms with Gasteiger partial charge in [-0.3, -0.25) is 9.36 Å². The van der Waals surface area contributed by atoms with Crippen LogP contribution in [-0.2, 0) is 6.54 Å². The second-order valence-electron chi connectivity index (χ2n) is 7.82. The van der Waals surface area contributed by atoms with Gasteiger partial charge in [-0.1, -0.05) is 39.3 Å². The van der Waals surface area contributed by atoms with Crippen molar-refractivity contribution in [2.75, 3.05) is 6.54 Å². The number of hydrogen-bond donors (Lipinski definition) is 1. The Morgan fingerprint density at radius 1 is 1.24 bits per heavy atom. The highest BCUT2D eigenvalue weighted by atomic mass is 16.2. The summed E-state index contributed by atoms with van der Waals surface area (Å²) in [5.74, 6) is 1.18. The normalized spacial score (nSPS) is 24.1. The van der Waals surface area contributed by atoms with Crippen LogP contribution in [0, 0.1) is 23.7 Å². The maximum absolute atomic E-state index is 13.4. The molecule has 3 atom stereocenters. The average Bonchev–Trinajstić information content (AvgIpc) is 2.86. The molecule has 0 radical (unpaired) electrons. The van der Waals surface area contributed by atoms with Crippen molar-refractivity contribution in [1.82, 2.24) is 9.13 Å². The summed E-state index contributed by atoms with van der Waals surface area (Å²) < 4.78 is 3.03. The van der Waals surface area contributed by atoms with E-state index in [1.807, 2.05) is 24.3 Å². The molecule has 0 spiro atoms. The van der Waals surface area contributed by atoms with Gasteiger partial charge in [-0.2, -0.15) is 0 Å². The zero-order valence-corrected chi connectivity index (χ0v) is 15.4. The molecule has 25 heavy (non-hydrogen) atoms. The monoisotopic (exact) mass is 343 g/mol. The molecular formula is C20H29N3O2. The van der Waals surface area contributed by atoms with Crippen LogP contribution in [-0.4, -0.2) is 21.6 Å². The van der Waals surface area contributed by atoms with Gasteiger partial charge in [0, 0.05) is 19.0 Å². The fourth-order valence-electron chi connectivity index (χ4n) is 4.42. The molecule has 1 fully saturated rings. The number of hydrogen-bond acceptors (Lipinski definition) is 3. The van der Waals surface area contributed by atoms with E-state index in [1.54, 1.807) is 4.57 Å². The summed E-state index contributed by atoms with van der Waals surface area (Å²) in [5, 5.41) is 0. The SMILES string of the molecule is CC1CCC(C(C)C)C(C(=O)n2c(=O)n(CCN)c3ccccc32)C1. The summed E-state index contributed by atoms with van der Waals surface area (Å²) in [5.41, 5.74) is 6.91. The molecule has 2 aromatic rings. The molecule has 2 N–H and O–H groups in total. The number of carbonyl (C=O) groups excluding carboxylic acids is 1. The van der Waals surface area contributed by atoms with Crippen LogP contribution in [0.4, 0.5) is 0 Å². The number of benzene rings is 1. The topological polar surface area (TPSA) is 70.0 Å². The van der Waals surface area contributed by atoms with Crippen LogP contribution in [0.1, 0.15) is 44.8 Å². The molecule has 1 aliphatic rings. The van der Waals surface area contributed by atoms with Gasteiger partial charge < -0.3 is 5.73 Å². The molecule has 1 aliphatic carbocycles. The smallest absolute Gasteiger partial charge is 0.329 e. The zero-order valence-electron chi connectivity index (χ0n) is 15.4. The molecule has 0 aliphatic heterocycles. The summed E-state index contributed by atoms with van der Waals surface area (Å²) in [4.78, 5) is 26.4. The number of rotatable bonds is 4. The first-order valence-electron chi connectivity index (χ1n) is 9.40. The molecule has 136 valence electrons. The Morgan fingerprint density at radius 3 is 2.56 bits per heavy atom. The van der Waals surface area contributed by atoms with E-state index in [-0.39, 0.29) is 17.5 Å². The average molecular weight is 343 g/mol. The van der Waals surface area contributed by atoms with Gasteiger partial charge in [0.05, 0.1) is 11.0 Å². The van der Waals surface area contributed by atoms with Crippen LogP contribution in [0.2, 0.25) is 0 Å². The molecule has 1 aromatic carbocycles. The van der Waals surface area contributed by atoms with Gasteiger partial charge in [-0.05, 0) is 42.7 Å². The van der Waals surface area contributed by atoms with Gasteiger partial charge in [-0.25, -0.2) is 9.36 Å². The van der Waals surface area contributed by atoms with Crippen molar-refractivity contribution in [3.63, 3.8) is 0 Å². The second-order valence-corrected chi connectivity index (χ2v) is 7.82. The van der Waals surface area contributed by atoms with Crippen LogP contribution >= 0.6 is 0 Å². The molecule has 3 rings (SSSR count). The van der Waals surface area contributed by atoms with E-state index in [1.165, 1.54) is 4.57 Å². The van der Waals surface area contributed by atoms with E-state index in [4.69, 9.17) is 5.73 Å². The van der Waals surface area contributed by atoms with Crippen molar-refractivity contribution in [1.29, 1.82) is 0 Å². The quantitative estimate of drug-likeness (QED) is 0.927. The number of fused-ring (bicyclic) bond motifs is 1. The van der Waals surface area contributed by atoms with E-state index in [2.05, 4.69) is 20.8 Å². The maximum atomic E-state index is 13.4. The van der Waals surface area contributed by atoms with E-state index < -0.39 is 0 Å². The highest BCUT2D eigenvalue weighted by molar-refractivity contribution is 5.92. The van der Waals surface area contributed by atoms with Crippen LogP contribution in [0.25, 0.3) is 11.0 Å². The number of aromatic nitrogens is 2. The lowest BCUT2D eigenvalue weighted by Crippen LogP contribution is -2.40. The molecule has 0 saturated heterocycles. The predicted molar refractivity (Wildman–Crippen MR) is 101 cm³/mol. The highest BCUT2D eigenvalue weighted by Crippen LogP contribution is 2.39. The van der Waals surface area contributed by atoms with E-state index in [0.29, 0.717) is 36.4 Å². The second kappa shape index (κ2) is 7.16. The van der Waals surface area contributed by atoms with Gasteiger partial charge in [-0.15, -0.1) is 0 Å². The first-order chi connectivity index (χ1) is 12.0. The molecule has 5 nitrogen and oxygen atoms in total. The van der Waals surface area contributed by atoms with Crippen molar-refractivity contribution in [2.45, 2.75) is 46.6 Å². The Kier molecular flexibility index (Phi) is 5.13. The first-order valence-corrected chi connectivity index (χ1v) is 9.40. The number of imidazole rings is 1. The minimum atomic E-state index is -0.252. The predicted octanol–water partition coefficient (Wildman–Crippen LogP) is 3.11. The van der Waals surface area contributed by atoms with Crippen molar-refractivity contribution in [2.24, 2.45) is 29.4 Å². The zero-order chi connectivity index (χ0) is 18.1. The fourth-order valence-corrected chi connectivity index (χ4v) is 4.42. The Bertz CT molecular complexity index is 818. The van der Waals surface area contributed by atoms with Gasteiger partial charge in [0.1, 0.15) is 0 Å². The first kappa shape index (κ1) is 17.9. The van der Waals surface area contributed by atoms with Crippen molar-refractivity contribution >= 4 is 16.9 Å². The van der Waals surface area contributed by atoms with Gasteiger partial charge in [0.15, 0.2) is 0 Å². The molecular weight excluding hydrogens is 314 g/mol. The van der Waals surface area contributed by atoms with Crippen LogP contribution in [0.15, 0.2) is 29.1 Å². The number of carbonyl (C=O) groups is 1.